The Morgan fingerprint density at radius 3 is 2.00 bits per heavy atom. The van der Waals surface area contributed by atoms with Gasteiger partial charge in [-0.1, -0.05) is 20.8 Å². The number of ether oxygens (including phenoxy) is 3. The molecule has 0 spiro atoms. The van der Waals surface area contributed by atoms with E-state index in [1.807, 2.05) is 20.8 Å². The SMILES string of the molecule is CC(C=O)CCOCCOCCOCCNC(=O)C(C)C. The van der Waals surface area contributed by atoms with Crippen LogP contribution < -0.4 is 5.32 Å². The van der Waals surface area contributed by atoms with Gasteiger partial charge in [-0.2, -0.15) is 0 Å². The van der Waals surface area contributed by atoms with E-state index in [0.717, 1.165) is 12.7 Å². The third kappa shape index (κ3) is 13.7. The first-order valence-corrected chi connectivity index (χ1v) is 7.54. The van der Waals surface area contributed by atoms with Gasteiger partial charge in [-0.25, -0.2) is 0 Å². The lowest BCUT2D eigenvalue weighted by Gasteiger charge is -2.09. The van der Waals surface area contributed by atoms with Crippen molar-refractivity contribution in [3.63, 3.8) is 0 Å². The molecular weight excluding hydrogens is 274 g/mol. The highest BCUT2D eigenvalue weighted by Crippen LogP contribution is 1.96. The van der Waals surface area contributed by atoms with Gasteiger partial charge in [-0.05, 0) is 6.42 Å². The van der Waals surface area contributed by atoms with Crippen LogP contribution in [0.4, 0.5) is 0 Å². The van der Waals surface area contributed by atoms with Gasteiger partial charge in [0.25, 0.3) is 0 Å². The first-order valence-electron chi connectivity index (χ1n) is 7.54. The van der Waals surface area contributed by atoms with Gasteiger partial charge < -0.3 is 24.3 Å². The van der Waals surface area contributed by atoms with Crippen molar-refractivity contribution in [2.45, 2.75) is 27.2 Å². The van der Waals surface area contributed by atoms with Gasteiger partial charge in [0.15, 0.2) is 0 Å². The lowest BCUT2D eigenvalue weighted by Crippen LogP contribution is -2.31. The molecule has 6 nitrogen and oxygen atoms in total. The lowest BCUT2D eigenvalue weighted by atomic mass is 10.1. The van der Waals surface area contributed by atoms with E-state index in [1.165, 1.54) is 0 Å². The predicted molar refractivity (Wildman–Crippen MR) is 80.1 cm³/mol. The molecule has 0 saturated carbocycles. The zero-order valence-corrected chi connectivity index (χ0v) is 13.4. The van der Waals surface area contributed by atoms with Crippen LogP contribution in [0.15, 0.2) is 0 Å². The van der Waals surface area contributed by atoms with Crippen LogP contribution in [-0.4, -0.2) is 58.4 Å². The standard InChI is InChI=1S/C15H29NO5/c1-13(2)15(18)16-5-7-20-9-11-21-10-8-19-6-4-14(3)12-17/h12-14H,4-11H2,1-3H3,(H,16,18). The third-order valence-corrected chi connectivity index (χ3v) is 2.76. The Morgan fingerprint density at radius 2 is 1.48 bits per heavy atom. The molecule has 0 radical (unpaired) electrons. The fraction of sp³-hybridized carbons (Fsp3) is 0.867. The highest BCUT2D eigenvalue weighted by molar-refractivity contribution is 5.77. The number of carbonyl (C=O) groups excluding carboxylic acids is 2. The molecule has 1 unspecified atom stereocenters. The molecular formula is C15H29NO5. The van der Waals surface area contributed by atoms with Crippen LogP contribution >= 0.6 is 0 Å². The molecule has 0 fully saturated rings. The van der Waals surface area contributed by atoms with Crippen LogP contribution in [0, 0.1) is 11.8 Å². The Balaban J connectivity index is 3.12. The smallest absolute Gasteiger partial charge is 0.222 e. The minimum Gasteiger partial charge on any atom is -0.379 e. The van der Waals surface area contributed by atoms with E-state index in [4.69, 9.17) is 14.2 Å². The fourth-order valence-electron chi connectivity index (χ4n) is 1.33. The first-order chi connectivity index (χ1) is 10.1. The second kappa shape index (κ2) is 14.0. The normalized spacial score (nSPS) is 12.4. The van der Waals surface area contributed by atoms with Crippen LogP contribution in [0.1, 0.15) is 27.2 Å². The van der Waals surface area contributed by atoms with Crippen LogP contribution in [0.25, 0.3) is 0 Å². The maximum absolute atomic E-state index is 11.2. The molecule has 21 heavy (non-hydrogen) atoms. The number of amides is 1. The van der Waals surface area contributed by atoms with Gasteiger partial charge in [0.2, 0.25) is 5.91 Å². The zero-order valence-electron chi connectivity index (χ0n) is 13.4. The van der Waals surface area contributed by atoms with Crippen molar-refractivity contribution in [3.05, 3.63) is 0 Å². The van der Waals surface area contributed by atoms with E-state index in [0.29, 0.717) is 46.2 Å². The summed E-state index contributed by atoms with van der Waals surface area (Å²) in [6.45, 7) is 9.21. The molecule has 1 atom stereocenters. The highest BCUT2D eigenvalue weighted by atomic mass is 16.5. The van der Waals surface area contributed by atoms with E-state index < -0.39 is 0 Å². The Hall–Kier alpha value is -0.980. The molecule has 0 aliphatic heterocycles. The Kier molecular flexibility index (Phi) is 13.3. The topological polar surface area (TPSA) is 73.9 Å². The van der Waals surface area contributed by atoms with E-state index >= 15 is 0 Å². The summed E-state index contributed by atoms with van der Waals surface area (Å²) in [5.41, 5.74) is 0. The van der Waals surface area contributed by atoms with Crippen LogP contribution in [0.2, 0.25) is 0 Å². The average molecular weight is 303 g/mol. The minimum absolute atomic E-state index is 0.00264. The van der Waals surface area contributed by atoms with Gasteiger partial charge in [-0.15, -0.1) is 0 Å². The molecule has 0 aliphatic carbocycles. The predicted octanol–water partition coefficient (Wildman–Crippen LogP) is 1.03. The van der Waals surface area contributed by atoms with Gasteiger partial charge in [0.1, 0.15) is 6.29 Å². The molecule has 0 rings (SSSR count). The molecule has 0 saturated heterocycles. The minimum atomic E-state index is 0.00264. The molecule has 124 valence electrons. The summed E-state index contributed by atoms with van der Waals surface area (Å²) in [6.07, 6.45) is 1.68. The van der Waals surface area contributed by atoms with Crippen LogP contribution in [0.5, 0.6) is 0 Å². The second-order valence-corrected chi connectivity index (χ2v) is 5.18. The third-order valence-electron chi connectivity index (χ3n) is 2.76. The molecule has 1 N–H and O–H groups in total. The van der Waals surface area contributed by atoms with Crippen molar-refractivity contribution in [2.75, 3.05) is 46.2 Å². The van der Waals surface area contributed by atoms with Crippen molar-refractivity contribution < 1.29 is 23.8 Å². The van der Waals surface area contributed by atoms with Crippen molar-refractivity contribution in [3.8, 4) is 0 Å². The van der Waals surface area contributed by atoms with E-state index in [1.54, 1.807) is 0 Å². The number of carbonyl (C=O) groups is 2. The largest absolute Gasteiger partial charge is 0.379 e. The summed E-state index contributed by atoms with van der Waals surface area (Å²) in [5, 5.41) is 2.77. The number of aldehydes is 1. The molecule has 0 aromatic rings. The van der Waals surface area contributed by atoms with E-state index in [2.05, 4.69) is 5.32 Å². The van der Waals surface area contributed by atoms with Gasteiger partial charge in [0.05, 0.1) is 33.0 Å². The van der Waals surface area contributed by atoms with Crippen LogP contribution in [-0.2, 0) is 23.8 Å². The Labute approximate surface area is 127 Å². The van der Waals surface area contributed by atoms with Gasteiger partial charge >= 0.3 is 0 Å². The van der Waals surface area contributed by atoms with Gasteiger partial charge in [-0.3, -0.25) is 4.79 Å². The van der Waals surface area contributed by atoms with Gasteiger partial charge in [0, 0.05) is 25.0 Å². The quantitative estimate of drug-likeness (QED) is 0.383. The Bertz CT molecular complexity index is 271. The number of rotatable bonds is 14. The van der Waals surface area contributed by atoms with Crippen molar-refractivity contribution >= 4 is 12.2 Å². The maximum atomic E-state index is 11.2. The highest BCUT2D eigenvalue weighted by Gasteiger charge is 2.04. The number of nitrogens with one attached hydrogen (secondary N) is 1. The summed E-state index contributed by atoms with van der Waals surface area (Å²) in [5.74, 6) is 0.0919. The Morgan fingerprint density at radius 1 is 0.952 bits per heavy atom. The number of hydrogen-bond acceptors (Lipinski definition) is 5. The summed E-state index contributed by atoms with van der Waals surface area (Å²) < 4.78 is 16.0. The number of hydrogen-bond donors (Lipinski definition) is 1. The van der Waals surface area contributed by atoms with E-state index in [9.17, 15) is 9.59 Å². The van der Waals surface area contributed by atoms with Crippen molar-refractivity contribution in [1.29, 1.82) is 0 Å². The van der Waals surface area contributed by atoms with Crippen molar-refractivity contribution in [2.24, 2.45) is 11.8 Å². The fourth-order valence-corrected chi connectivity index (χ4v) is 1.33. The molecule has 0 aromatic heterocycles. The lowest BCUT2D eigenvalue weighted by molar-refractivity contribution is -0.124. The van der Waals surface area contributed by atoms with Crippen LogP contribution in [0.3, 0.4) is 0 Å². The molecule has 6 heteroatoms. The summed E-state index contributed by atoms with van der Waals surface area (Å²) in [7, 11) is 0. The average Bonchev–Trinajstić information content (AvgIpc) is 2.47. The monoisotopic (exact) mass is 303 g/mol. The molecule has 1 amide bonds. The molecule has 0 bridgehead atoms. The zero-order chi connectivity index (χ0) is 15.9. The van der Waals surface area contributed by atoms with Crippen molar-refractivity contribution in [1.82, 2.24) is 5.32 Å². The summed E-state index contributed by atoms with van der Waals surface area (Å²) in [6, 6.07) is 0. The molecule has 0 aliphatic rings. The first kappa shape index (κ1) is 20.0. The van der Waals surface area contributed by atoms with E-state index in [-0.39, 0.29) is 17.7 Å². The summed E-state index contributed by atoms with van der Waals surface area (Å²) >= 11 is 0. The summed E-state index contributed by atoms with van der Waals surface area (Å²) in [4.78, 5) is 21.6. The maximum Gasteiger partial charge on any atom is 0.222 e. The molecule has 0 heterocycles. The molecule has 0 aromatic carbocycles. The second-order valence-electron chi connectivity index (χ2n) is 5.18.